The van der Waals surface area contributed by atoms with Crippen molar-refractivity contribution >= 4 is 27.5 Å². The number of aryl methyl sites for hydroxylation is 1. The maximum Gasteiger partial charge on any atom is 0.261 e. The van der Waals surface area contributed by atoms with E-state index in [0.29, 0.717) is 17.2 Å². The van der Waals surface area contributed by atoms with E-state index in [2.05, 4.69) is 10.4 Å². The first kappa shape index (κ1) is 18.4. The lowest BCUT2D eigenvalue weighted by molar-refractivity contribution is 0.0905. The van der Waals surface area contributed by atoms with Crippen LogP contribution < -0.4 is 5.32 Å². The van der Waals surface area contributed by atoms with Gasteiger partial charge < -0.3 is 14.8 Å². The fourth-order valence-electron chi connectivity index (χ4n) is 2.95. The molecule has 144 valence electrons. The highest BCUT2D eigenvalue weighted by Gasteiger charge is 2.18. The Bertz CT molecular complexity index is 1100. The van der Waals surface area contributed by atoms with E-state index in [1.54, 1.807) is 30.3 Å². The number of carbonyl (C=O) groups excluding carboxylic acids is 1. The number of aliphatic hydroxyl groups is 1. The van der Waals surface area contributed by atoms with Crippen LogP contribution in [-0.4, -0.2) is 27.3 Å². The molecule has 8 heteroatoms. The zero-order valence-corrected chi connectivity index (χ0v) is 15.9. The zero-order valence-electron chi connectivity index (χ0n) is 15.1. The average molecular weight is 399 g/mol. The number of nitrogens with zero attached hydrogens (tertiary/aromatic N) is 2. The van der Waals surface area contributed by atoms with Crippen molar-refractivity contribution in [2.75, 3.05) is 6.54 Å². The number of fused-ring (bicyclic) bond motifs is 1. The van der Waals surface area contributed by atoms with Crippen LogP contribution in [0.25, 0.3) is 10.2 Å². The van der Waals surface area contributed by atoms with Crippen molar-refractivity contribution < 1.29 is 18.7 Å². The van der Waals surface area contributed by atoms with E-state index in [1.165, 1.54) is 29.7 Å². The standard InChI is InChI=1S/C20H18FN3O3S/c1-12-15-9-18(19(26)22-10-16(25)17-3-2-8-27-17)28-20(15)24(23-12)11-13-4-6-14(21)7-5-13/h2-9,16,25H,10-11H2,1H3,(H,22,26). The first-order valence-corrected chi connectivity index (χ1v) is 9.54. The van der Waals surface area contributed by atoms with Gasteiger partial charge in [0.2, 0.25) is 0 Å². The van der Waals surface area contributed by atoms with Gasteiger partial charge in [0.25, 0.3) is 5.91 Å². The fraction of sp³-hybridized carbons (Fsp3) is 0.200. The molecule has 1 atom stereocenters. The molecule has 0 fully saturated rings. The Morgan fingerprint density at radius 3 is 2.86 bits per heavy atom. The second-order valence-corrected chi connectivity index (χ2v) is 7.47. The lowest BCUT2D eigenvalue weighted by Crippen LogP contribution is -2.27. The Kier molecular flexibility index (Phi) is 4.97. The Morgan fingerprint density at radius 2 is 2.14 bits per heavy atom. The molecule has 0 spiro atoms. The summed E-state index contributed by atoms with van der Waals surface area (Å²) in [5.74, 6) is -0.140. The topological polar surface area (TPSA) is 80.3 Å². The van der Waals surface area contributed by atoms with Crippen molar-refractivity contribution in [3.8, 4) is 0 Å². The molecule has 0 aliphatic carbocycles. The smallest absolute Gasteiger partial charge is 0.261 e. The molecule has 1 aromatic carbocycles. The zero-order chi connectivity index (χ0) is 19.7. The second-order valence-electron chi connectivity index (χ2n) is 6.44. The summed E-state index contributed by atoms with van der Waals surface area (Å²) >= 11 is 1.33. The maximum atomic E-state index is 13.1. The van der Waals surface area contributed by atoms with E-state index < -0.39 is 6.10 Å². The predicted octanol–water partition coefficient (Wildman–Crippen LogP) is 3.65. The molecular formula is C20H18FN3O3S. The first-order valence-electron chi connectivity index (χ1n) is 8.72. The van der Waals surface area contributed by atoms with Gasteiger partial charge in [-0.15, -0.1) is 11.3 Å². The summed E-state index contributed by atoms with van der Waals surface area (Å²) in [5, 5.41) is 18.2. The molecule has 0 saturated heterocycles. The molecule has 1 amide bonds. The quantitative estimate of drug-likeness (QED) is 0.519. The van der Waals surface area contributed by atoms with Gasteiger partial charge in [-0.2, -0.15) is 5.10 Å². The predicted molar refractivity (Wildman–Crippen MR) is 104 cm³/mol. The molecule has 0 saturated carbocycles. The lowest BCUT2D eigenvalue weighted by Gasteiger charge is -2.08. The summed E-state index contributed by atoms with van der Waals surface area (Å²) in [7, 11) is 0. The summed E-state index contributed by atoms with van der Waals surface area (Å²) in [5.41, 5.74) is 1.75. The largest absolute Gasteiger partial charge is 0.467 e. The molecule has 3 heterocycles. The third kappa shape index (κ3) is 3.69. The van der Waals surface area contributed by atoms with Crippen molar-refractivity contribution in [2.24, 2.45) is 0 Å². The van der Waals surface area contributed by atoms with E-state index >= 15 is 0 Å². The van der Waals surface area contributed by atoms with Gasteiger partial charge in [-0.3, -0.25) is 9.48 Å². The van der Waals surface area contributed by atoms with Crippen molar-refractivity contribution in [2.45, 2.75) is 19.6 Å². The van der Waals surface area contributed by atoms with E-state index in [-0.39, 0.29) is 18.3 Å². The number of nitrogens with one attached hydrogen (secondary N) is 1. The van der Waals surface area contributed by atoms with Crippen molar-refractivity contribution in [1.29, 1.82) is 0 Å². The fourth-order valence-corrected chi connectivity index (χ4v) is 4.03. The highest BCUT2D eigenvalue weighted by atomic mass is 32.1. The van der Waals surface area contributed by atoms with Crippen molar-refractivity contribution in [1.82, 2.24) is 15.1 Å². The number of benzene rings is 1. The number of thiophene rings is 1. The third-order valence-corrected chi connectivity index (χ3v) is 5.55. The number of hydrogen-bond acceptors (Lipinski definition) is 5. The van der Waals surface area contributed by atoms with Gasteiger partial charge in [0, 0.05) is 5.39 Å². The average Bonchev–Trinajstić information content (AvgIpc) is 3.41. The molecule has 2 N–H and O–H groups in total. The Hall–Kier alpha value is -2.97. The Labute approximate surface area is 164 Å². The van der Waals surface area contributed by atoms with Crippen molar-refractivity contribution in [3.05, 3.63) is 76.4 Å². The number of aliphatic hydroxyl groups excluding tert-OH is 1. The van der Waals surface area contributed by atoms with Crippen LogP contribution in [0.15, 0.2) is 53.1 Å². The SMILES string of the molecule is Cc1nn(Cc2ccc(F)cc2)c2sc(C(=O)NCC(O)c3ccco3)cc12. The van der Waals surface area contributed by atoms with Crippen LogP contribution in [0, 0.1) is 12.7 Å². The van der Waals surface area contributed by atoms with Gasteiger partial charge in [0.15, 0.2) is 0 Å². The minimum absolute atomic E-state index is 0.0568. The van der Waals surface area contributed by atoms with Gasteiger partial charge in [-0.1, -0.05) is 12.1 Å². The maximum absolute atomic E-state index is 13.1. The number of aromatic nitrogens is 2. The number of rotatable bonds is 6. The van der Waals surface area contributed by atoms with Crippen LogP contribution in [0.2, 0.25) is 0 Å². The van der Waals surface area contributed by atoms with Gasteiger partial charge in [-0.25, -0.2) is 4.39 Å². The van der Waals surface area contributed by atoms with Crippen LogP contribution in [0.1, 0.15) is 32.8 Å². The second kappa shape index (κ2) is 7.57. The van der Waals surface area contributed by atoms with E-state index in [1.807, 2.05) is 11.6 Å². The molecule has 28 heavy (non-hydrogen) atoms. The molecule has 4 rings (SSSR count). The molecule has 6 nitrogen and oxygen atoms in total. The Balaban J connectivity index is 1.51. The van der Waals surface area contributed by atoms with Gasteiger partial charge in [-0.05, 0) is 42.8 Å². The van der Waals surface area contributed by atoms with Crippen LogP contribution in [-0.2, 0) is 6.54 Å². The number of amides is 1. The van der Waals surface area contributed by atoms with Crippen molar-refractivity contribution in [3.63, 3.8) is 0 Å². The summed E-state index contributed by atoms with van der Waals surface area (Å²) in [4.78, 5) is 13.9. The lowest BCUT2D eigenvalue weighted by atomic mass is 10.2. The highest BCUT2D eigenvalue weighted by Crippen LogP contribution is 2.29. The van der Waals surface area contributed by atoms with E-state index in [9.17, 15) is 14.3 Å². The molecule has 1 unspecified atom stereocenters. The molecule has 0 aliphatic heterocycles. The van der Waals surface area contributed by atoms with Gasteiger partial charge in [0.05, 0.1) is 29.9 Å². The Morgan fingerprint density at radius 1 is 1.36 bits per heavy atom. The molecule has 0 radical (unpaired) electrons. The third-order valence-electron chi connectivity index (χ3n) is 4.40. The first-order chi connectivity index (χ1) is 13.5. The normalized spacial score (nSPS) is 12.4. The number of furan rings is 1. The highest BCUT2D eigenvalue weighted by molar-refractivity contribution is 7.20. The molecule has 3 aromatic heterocycles. The molecule has 0 aliphatic rings. The van der Waals surface area contributed by atoms with Crippen LogP contribution >= 0.6 is 11.3 Å². The van der Waals surface area contributed by atoms with E-state index in [0.717, 1.165) is 21.5 Å². The summed E-state index contributed by atoms with van der Waals surface area (Å²) in [6.45, 7) is 2.43. The van der Waals surface area contributed by atoms with E-state index in [4.69, 9.17) is 4.42 Å². The van der Waals surface area contributed by atoms with Crippen LogP contribution in [0.5, 0.6) is 0 Å². The molecule has 4 aromatic rings. The summed E-state index contributed by atoms with van der Waals surface area (Å²) < 4.78 is 20.1. The number of halogens is 1. The monoisotopic (exact) mass is 399 g/mol. The molecule has 0 bridgehead atoms. The van der Waals surface area contributed by atoms with Crippen LogP contribution in [0.3, 0.4) is 0 Å². The number of carbonyl (C=O) groups is 1. The molecular weight excluding hydrogens is 381 g/mol. The van der Waals surface area contributed by atoms with Gasteiger partial charge in [0.1, 0.15) is 22.5 Å². The minimum Gasteiger partial charge on any atom is -0.467 e. The van der Waals surface area contributed by atoms with Gasteiger partial charge >= 0.3 is 0 Å². The summed E-state index contributed by atoms with van der Waals surface area (Å²) in [6, 6.07) is 11.4. The van der Waals surface area contributed by atoms with Crippen LogP contribution in [0.4, 0.5) is 4.39 Å². The minimum atomic E-state index is -0.899. The summed E-state index contributed by atoms with van der Waals surface area (Å²) in [6.07, 6.45) is 0.575. The number of hydrogen-bond donors (Lipinski definition) is 2.